The van der Waals surface area contributed by atoms with Gasteiger partial charge in [0.05, 0.1) is 22.1 Å². The third kappa shape index (κ3) is 4.05. The third-order valence-corrected chi connectivity index (χ3v) is 7.84. The highest BCUT2D eigenvalue weighted by Gasteiger charge is 2.54. The van der Waals surface area contributed by atoms with Crippen LogP contribution in [-0.2, 0) is 0 Å². The van der Waals surface area contributed by atoms with Crippen LogP contribution in [-0.4, -0.2) is 50.4 Å². The molecule has 178 valence electrons. The van der Waals surface area contributed by atoms with E-state index in [0.717, 1.165) is 27.4 Å². The number of likely N-dealkylation sites (tertiary alicyclic amines) is 1. The molecule has 0 unspecified atom stereocenters. The van der Waals surface area contributed by atoms with Crippen LogP contribution in [0.2, 0.25) is 0 Å². The summed E-state index contributed by atoms with van der Waals surface area (Å²) in [6.45, 7) is 5.01. The van der Waals surface area contributed by atoms with Gasteiger partial charge in [-0.15, -0.1) is 11.3 Å². The van der Waals surface area contributed by atoms with Gasteiger partial charge in [0.1, 0.15) is 11.3 Å². The summed E-state index contributed by atoms with van der Waals surface area (Å²) in [5, 5.41) is 3.73. The summed E-state index contributed by atoms with van der Waals surface area (Å²) in [5.74, 6) is 1.17. The first-order chi connectivity index (χ1) is 17.0. The lowest BCUT2D eigenvalue weighted by atomic mass is 10.1. The van der Waals surface area contributed by atoms with Crippen molar-refractivity contribution >= 4 is 29.0 Å². The number of carbonyl (C=O) groups is 2. The van der Waals surface area contributed by atoms with Crippen molar-refractivity contribution in [1.82, 2.24) is 24.6 Å². The molecule has 2 amide bonds. The average Bonchev–Trinajstić information content (AvgIpc) is 3.16. The smallest absolute Gasteiger partial charge is 0.391 e. The van der Waals surface area contributed by atoms with E-state index in [1.165, 1.54) is 6.20 Å². The molecule has 1 saturated carbocycles. The maximum Gasteiger partial charge on any atom is 0.414 e. The monoisotopic (exact) mass is 487 g/mol. The molecule has 0 spiro atoms. The normalized spacial score (nSPS) is 20.6. The maximum atomic E-state index is 13.7. The van der Waals surface area contributed by atoms with E-state index in [0.29, 0.717) is 42.1 Å². The van der Waals surface area contributed by atoms with Crippen molar-refractivity contribution in [3.8, 4) is 16.3 Å². The fourth-order valence-electron chi connectivity index (χ4n) is 5.06. The number of aromatic nitrogens is 3. The van der Waals surface area contributed by atoms with Crippen LogP contribution in [0.5, 0.6) is 5.88 Å². The Morgan fingerprint density at radius 1 is 1.20 bits per heavy atom. The number of hydrogen-bond acceptors (Lipinski definition) is 6. The molecule has 1 aliphatic heterocycles. The van der Waals surface area contributed by atoms with Crippen LogP contribution in [0.3, 0.4) is 0 Å². The molecule has 6 rings (SSSR count). The van der Waals surface area contributed by atoms with Gasteiger partial charge in [0, 0.05) is 19.3 Å². The predicted octanol–water partition coefficient (Wildman–Crippen LogP) is 4.32. The van der Waals surface area contributed by atoms with E-state index in [1.54, 1.807) is 21.9 Å². The van der Waals surface area contributed by atoms with Gasteiger partial charge in [-0.2, -0.15) is 0 Å². The summed E-state index contributed by atoms with van der Waals surface area (Å²) < 4.78 is 7.19. The number of ether oxygens (including phenoxy) is 1. The number of piperidine rings is 1. The molecule has 2 aliphatic rings. The summed E-state index contributed by atoms with van der Waals surface area (Å²) in [7, 11) is 0. The number of nitrogens with zero attached hydrogens (tertiary/aromatic N) is 4. The van der Waals surface area contributed by atoms with Crippen molar-refractivity contribution in [3.05, 3.63) is 71.1 Å². The largest absolute Gasteiger partial charge is 0.414 e. The zero-order valence-electron chi connectivity index (χ0n) is 19.5. The second kappa shape index (κ2) is 8.49. The first-order valence-corrected chi connectivity index (χ1v) is 12.5. The zero-order chi connectivity index (χ0) is 24.1. The number of hydrogen-bond donors (Lipinski definition) is 1. The fraction of sp³-hybridized carbons (Fsp3) is 0.308. The molecule has 0 radical (unpaired) electrons. The molecule has 8 nitrogen and oxygen atoms in total. The number of pyridine rings is 1. The third-order valence-electron chi connectivity index (χ3n) is 6.82. The Bertz CT molecular complexity index is 1440. The SMILES string of the molecule is Cc1cccc(-c2sc(C)nc2C(=O)N2C[C@@H]3C[C@@H]3[C@H]2CNC(=O)Oc2cnc3ccccn23)c1. The van der Waals surface area contributed by atoms with Crippen LogP contribution in [0.25, 0.3) is 16.1 Å². The van der Waals surface area contributed by atoms with Gasteiger partial charge in [-0.1, -0.05) is 35.9 Å². The number of aryl methyl sites for hydroxylation is 2. The highest BCUT2D eigenvalue weighted by Crippen LogP contribution is 2.50. The lowest BCUT2D eigenvalue weighted by Crippen LogP contribution is -2.46. The Kier molecular flexibility index (Phi) is 5.29. The summed E-state index contributed by atoms with van der Waals surface area (Å²) in [6, 6.07) is 13.6. The molecule has 0 bridgehead atoms. The summed E-state index contributed by atoms with van der Waals surface area (Å²) in [6.07, 6.45) is 3.84. The van der Waals surface area contributed by atoms with Crippen LogP contribution >= 0.6 is 11.3 Å². The molecule has 4 heterocycles. The van der Waals surface area contributed by atoms with E-state index >= 15 is 0 Å². The van der Waals surface area contributed by atoms with Crippen LogP contribution < -0.4 is 10.1 Å². The summed E-state index contributed by atoms with van der Waals surface area (Å²) in [4.78, 5) is 37.9. The molecular formula is C26H25N5O3S. The van der Waals surface area contributed by atoms with Gasteiger partial charge in [-0.25, -0.2) is 14.8 Å². The number of imidazole rings is 1. The number of benzene rings is 1. The number of nitrogens with one attached hydrogen (secondary N) is 1. The highest BCUT2D eigenvalue weighted by atomic mass is 32.1. The Morgan fingerprint density at radius 2 is 2.09 bits per heavy atom. The molecule has 4 aromatic rings. The van der Waals surface area contributed by atoms with Crippen LogP contribution in [0, 0.1) is 25.7 Å². The standard InChI is InChI=1S/C26H25N5O3S/c1-15-6-5-7-17(10-15)24-23(29-16(2)35-24)25(32)31-14-18-11-19(18)20(31)12-28-26(33)34-22-13-27-21-8-3-4-9-30(21)22/h3-10,13,18-20H,11-12,14H2,1-2H3,(H,28,33)/t18-,19-,20+/m0/s1. The predicted molar refractivity (Wildman–Crippen MR) is 133 cm³/mol. The van der Waals surface area contributed by atoms with E-state index in [2.05, 4.69) is 21.4 Å². The lowest BCUT2D eigenvalue weighted by Gasteiger charge is -2.27. The number of rotatable bonds is 5. The topological polar surface area (TPSA) is 88.8 Å². The van der Waals surface area contributed by atoms with Crippen molar-refractivity contribution in [2.24, 2.45) is 11.8 Å². The molecule has 3 aromatic heterocycles. The van der Waals surface area contributed by atoms with Crippen molar-refractivity contribution < 1.29 is 14.3 Å². The molecule has 1 aromatic carbocycles. The molecule has 3 atom stereocenters. The lowest BCUT2D eigenvalue weighted by molar-refractivity contribution is 0.0700. The van der Waals surface area contributed by atoms with E-state index in [4.69, 9.17) is 4.74 Å². The fourth-order valence-corrected chi connectivity index (χ4v) is 5.97. The maximum absolute atomic E-state index is 13.7. The molecule has 9 heteroatoms. The number of fused-ring (bicyclic) bond motifs is 2. The van der Waals surface area contributed by atoms with E-state index in [9.17, 15) is 9.59 Å². The quantitative estimate of drug-likeness (QED) is 0.453. The minimum absolute atomic E-state index is 0.0694. The second-order valence-electron chi connectivity index (χ2n) is 9.26. The van der Waals surface area contributed by atoms with Gasteiger partial charge in [0.15, 0.2) is 0 Å². The first kappa shape index (κ1) is 21.8. The van der Waals surface area contributed by atoms with Crippen LogP contribution in [0.15, 0.2) is 54.9 Å². The van der Waals surface area contributed by atoms with Crippen molar-refractivity contribution in [1.29, 1.82) is 0 Å². The molecule has 35 heavy (non-hydrogen) atoms. The Morgan fingerprint density at radius 3 is 2.94 bits per heavy atom. The van der Waals surface area contributed by atoms with Gasteiger partial charge in [-0.05, 0) is 49.8 Å². The average molecular weight is 488 g/mol. The van der Waals surface area contributed by atoms with Gasteiger partial charge >= 0.3 is 6.09 Å². The van der Waals surface area contributed by atoms with E-state index < -0.39 is 6.09 Å². The molecule has 1 saturated heterocycles. The summed E-state index contributed by atoms with van der Waals surface area (Å²) >= 11 is 1.54. The van der Waals surface area contributed by atoms with Gasteiger partial charge in [-0.3, -0.25) is 9.20 Å². The minimum Gasteiger partial charge on any atom is -0.391 e. The number of amides is 2. The Balaban J connectivity index is 1.17. The Hall–Kier alpha value is -3.72. The molecular weight excluding hydrogens is 462 g/mol. The zero-order valence-corrected chi connectivity index (χ0v) is 20.3. The summed E-state index contributed by atoms with van der Waals surface area (Å²) in [5.41, 5.74) is 3.35. The van der Waals surface area contributed by atoms with Crippen LogP contribution in [0.1, 0.15) is 27.5 Å². The van der Waals surface area contributed by atoms with E-state index in [1.807, 2.05) is 55.1 Å². The van der Waals surface area contributed by atoms with Gasteiger partial charge < -0.3 is 15.0 Å². The van der Waals surface area contributed by atoms with Crippen molar-refractivity contribution in [2.75, 3.05) is 13.1 Å². The van der Waals surface area contributed by atoms with E-state index in [-0.39, 0.29) is 11.9 Å². The molecule has 1 N–H and O–H groups in total. The minimum atomic E-state index is -0.558. The van der Waals surface area contributed by atoms with Gasteiger partial charge in [0.2, 0.25) is 5.88 Å². The van der Waals surface area contributed by atoms with Crippen molar-refractivity contribution in [2.45, 2.75) is 26.3 Å². The Labute approximate surface area is 206 Å². The highest BCUT2D eigenvalue weighted by molar-refractivity contribution is 7.15. The molecule has 2 fully saturated rings. The van der Waals surface area contributed by atoms with Crippen LogP contribution in [0.4, 0.5) is 4.79 Å². The van der Waals surface area contributed by atoms with Gasteiger partial charge in [0.25, 0.3) is 5.91 Å². The van der Waals surface area contributed by atoms with Crippen molar-refractivity contribution in [3.63, 3.8) is 0 Å². The second-order valence-corrected chi connectivity index (χ2v) is 10.5. The first-order valence-electron chi connectivity index (χ1n) is 11.7. The number of thiazole rings is 1. The number of carbonyl (C=O) groups excluding carboxylic acids is 2. The molecule has 1 aliphatic carbocycles.